The Bertz CT molecular complexity index is 622. The molecule has 3 rings (SSSR count). The fourth-order valence-corrected chi connectivity index (χ4v) is 3.12. The van der Waals surface area contributed by atoms with Gasteiger partial charge in [0.1, 0.15) is 0 Å². The number of hydrogen-bond acceptors (Lipinski definition) is 1. The number of thiophene rings is 1. The lowest BCUT2D eigenvalue weighted by molar-refractivity contribution is 1.63. The van der Waals surface area contributed by atoms with Crippen LogP contribution in [0.3, 0.4) is 0 Å². The maximum Gasteiger partial charge on any atom is 0.0406 e. The quantitative estimate of drug-likeness (QED) is 0.514. The first-order chi connectivity index (χ1) is 9.24. The zero-order chi connectivity index (χ0) is 13.2. The molecule has 0 nitrogen and oxygen atoms in total. The molecule has 0 aliphatic heterocycles. The summed E-state index contributed by atoms with van der Waals surface area (Å²) in [7, 11) is 0. The first kappa shape index (κ1) is 12.7. The van der Waals surface area contributed by atoms with Gasteiger partial charge < -0.3 is 0 Å². The summed E-state index contributed by atoms with van der Waals surface area (Å²) in [6.45, 7) is 0. The Balaban J connectivity index is 2.07. The van der Waals surface area contributed by atoms with E-state index in [4.69, 9.17) is 23.2 Å². The standard InChI is InChI=1S/C16H10Cl2S/c17-13-5-1-11(2-6-13)15-9-19-10-16(15)12-3-7-14(18)8-4-12/h1-10H. The Kier molecular flexibility index (Phi) is 3.61. The number of rotatable bonds is 2. The van der Waals surface area contributed by atoms with Crippen LogP contribution in [0.2, 0.25) is 10.0 Å². The predicted molar refractivity (Wildman–Crippen MR) is 85.2 cm³/mol. The molecule has 0 spiro atoms. The van der Waals surface area contributed by atoms with E-state index >= 15 is 0 Å². The van der Waals surface area contributed by atoms with Gasteiger partial charge in [0, 0.05) is 21.2 Å². The maximum atomic E-state index is 5.94. The third-order valence-corrected chi connectivity index (χ3v) is 4.22. The predicted octanol–water partition coefficient (Wildman–Crippen LogP) is 6.39. The van der Waals surface area contributed by atoms with Crippen molar-refractivity contribution in [3.8, 4) is 22.3 Å². The summed E-state index contributed by atoms with van der Waals surface area (Å²) in [4.78, 5) is 0. The lowest BCUT2D eigenvalue weighted by Crippen LogP contribution is -1.80. The van der Waals surface area contributed by atoms with Gasteiger partial charge >= 0.3 is 0 Å². The maximum absolute atomic E-state index is 5.94. The minimum absolute atomic E-state index is 0.757. The van der Waals surface area contributed by atoms with Crippen LogP contribution < -0.4 is 0 Å². The molecule has 0 radical (unpaired) electrons. The second kappa shape index (κ2) is 5.38. The van der Waals surface area contributed by atoms with E-state index in [-0.39, 0.29) is 0 Å². The van der Waals surface area contributed by atoms with Gasteiger partial charge in [-0.1, -0.05) is 47.5 Å². The highest BCUT2D eigenvalue weighted by Gasteiger charge is 2.08. The molecule has 1 aromatic heterocycles. The summed E-state index contributed by atoms with van der Waals surface area (Å²) < 4.78 is 0. The van der Waals surface area contributed by atoms with E-state index in [0.29, 0.717) is 0 Å². The van der Waals surface area contributed by atoms with E-state index < -0.39 is 0 Å². The first-order valence-corrected chi connectivity index (χ1v) is 7.52. The Morgan fingerprint density at radius 1 is 0.579 bits per heavy atom. The molecule has 0 aliphatic carbocycles. The number of halogens is 2. The van der Waals surface area contributed by atoms with Gasteiger partial charge in [-0.05, 0) is 46.2 Å². The second-order valence-electron chi connectivity index (χ2n) is 4.21. The van der Waals surface area contributed by atoms with Crippen molar-refractivity contribution in [3.63, 3.8) is 0 Å². The summed E-state index contributed by atoms with van der Waals surface area (Å²) in [5.74, 6) is 0. The lowest BCUT2D eigenvalue weighted by Gasteiger charge is -2.05. The highest BCUT2D eigenvalue weighted by atomic mass is 35.5. The molecule has 0 aliphatic rings. The van der Waals surface area contributed by atoms with Gasteiger partial charge in [0.2, 0.25) is 0 Å². The van der Waals surface area contributed by atoms with Crippen molar-refractivity contribution >= 4 is 34.5 Å². The summed E-state index contributed by atoms with van der Waals surface area (Å²) in [5.41, 5.74) is 4.80. The van der Waals surface area contributed by atoms with Gasteiger partial charge in [0.05, 0.1) is 0 Å². The highest BCUT2D eigenvalue weighted by Crippen LogP contribution is 2.36. The van der Waals surface area contributed by atoms with Crippen LogP contribution in [0.5, 0.6) is 0 Å². The molecule has 0 saturated heterocycles. The molecular formula is C16H10Cl2S. The molecule has 2 aromatic carbocycles. The van der Waals surface area contributed by atoms with Crippen molar-refractivity contribution in [1.82, 2.24) is 0 Å². The van der Waals surface area contributed by atoms with E-state index in [1.54, 1.807) is 11.3 Å². The smallest absolute Gasteiger partial charge is 0.0406 e. The molecule has 0 amide bonds. The van der Waals surface area contributed by atoms with Crippen molar-refractivity contribution in [2.24, 2.45) is 0 Å². The van der Waals surface area contributed by atoms with E-state index in [0.717, 1.165) is 10.0 Å². The van der Waals surface area contributed by atoms with Gasteiger partial charge in [-0.15, -0.1) is 0 Å². The zero-order valence-electron chi connectivity index (χ0n) is 9.94. The van der Waals surface area contributed by atoms with Crippen LogP contribution in [0.25, 0.3) is 22.3 Å². The van der Waals surface area contributed by atoms with Crippen LogP contribution in [0.15, 0.2) is 59.3 Å². The molecule has 94 valence electrons. The molecule has 0 unspecified atom stereocenters. The van der Waals surface area contributed by atoms with Crippen molar-refractivity contribution in [2.75, 3.05) is 0 Å². The summed E-state index contributed by atoms with van der Waals surface area (Å²) in [6, 6.07) is 15.8. The number of hydrogen-bond donors (Lipinski definition) is 0. The molecule has 0 bridgehead atoms. The van der Waals surface area contributed by atoms with Crippen molar-refractivity contribution in [1.29, 1.82) is 0 Å². The average molecular weight is 305 g/mol. The third-order valence-electron chi connectivity index (χ3n) is 2.97. The van der Waals surface area contributed by atoms with Gasteiger partial charge in [0.25, 0.3) is 0 Å². The highest BCUT2D eigenvalue weighted by molar-refractivity contribution is 7.08. The van der Waals surface area contributed by atoms with Crippen molar-refractivity contribution < 1.29 is 0 Å². The molecule has 0 atom stereocenters. The molecule has 3 heteroatoms. The van der Waals surface area contributed by atoms with Crippen molar-refractivity contribution in [2.45, 2.75) is 0 Å². The Hall–Kier alpha value is -1.28. The van der Waals surface area contributed by atoms with E-state index in [1.165, 1.54) is 22.3 Å². The molecule has 0 saturated carbocycles. The van der Waals surface area contributed by atoms with Crippen LogP contribution >= 0.6 is 34.5 Å². The van der Waals surface area contributed by atoms with Crippen LogP contribution in [-0.4, -0.2) is 0 Å². The summed E-state index contributed by atoms with van der Waals surface area (Å²) >= 11 is 13.6. The van der Waals surface area contributed by atoms with E-state index in [1.807, 2.05) is 48.5 Å². The summed E-state index contributed by atoms with van der Waals surface area (Å²) in [5, 5.41) is 5.83. The Morgan fingerprint density at radius 3 is 1.32 bits per heavy atom. The second-order valence-corrected chi connectivity index (χ2v) is 5.83. The molecule has 19 heavy (non-hydrogen) atoms. The molecule has 1 heterocycles. The fourth-order valence-electron chi connectivity index (χ4n) is 2.00. The average Bonchev–Trinajstić information content (AvgIpc) is 2.90. The van der Waals surface area contributed by atoms with Gasteiger partial charge in [-0.25, -0.2) is 0 Å². The van der Waals surface area contributed by atoms with Crippen LogP contribution in [-0.2, 0) is 0 Å². The fraction of sp³-hybridized carbons (Fsp3) is 0. The van der Waals surface area contributed by atoms with Crippen LogP contribution in [0.1, 0.15) is 0 Å². The monoisotopic (exact) mass is 304 g/mol. The first-order valence-electron chi connectivity index (χ1n) is 5.82. The van der Waals surface area contributed by atoms with Crippen molar-refractivity contribution in [3.05, 3.63) is 69.3 Å². The molecule has 3 aromatic rings. The normalized spacial score (nSPS) is 10.6. The zero-order valence-corrected chi connectivity index (χ0v) is 12.3. The van der Waals surface area contributed by atoms with Gasteiger partial charge in [-0.2, -0.15) is 11.3 Å². The third kappa shape index (κ3) is 2.69. The summed E-state index contributed by atoms with van der Waals surface area (Å²) in [6.07, 6.45) is 0. The van der Waals surface area contributed by atoms with Gasteiger partial charge in [-0.3, -0.25) is 0 Å². The van der Waals surface area contributed by atoms with Crippen LogP contribution in [0.4, 0.5) is 0 Å². The van der Waals surface area contributed by atoms with Gasteiger partial charge in [0.15, 0.2) is 0 Å². The molecule has 0 fully saturated rings. The topological polar surface area (TPSA) is 0 Å². The largest absolute Gasteiger partial charge is 0.151 e. The lowest BCUT2D eigenvalue weighted by atomic mass is 9.99. The molecule has 0 N–H and O–H groups in total. The molecular weight excluding hydrogens is 295 g/mol. The van der Waals surface area contributed by atoms with E-state index in [2.05, 4.69) is 10.8 Å². The van der Waals surface area contributed by atoms with Crippen LogP contribution in [0, 0.1) is 0 Å². The number of benzene rings is 2. The minimum Gasteiger partial charge on any atom is -0.151 e. The Morgan fingerprint density at radius 2 is 0.947 bits per heavy atom. The van der Waals surface area contributed by atoms with E-state index in [9.17, 15) is 0 Å². The SMILES string of the molecule is Clc1ccc(-c2cscc2-c2ccc(Cl)cc2)cc1. The Labute approximate surface area is 126 Å². The minimum atomic E-state index is 0.757.